The van der Waals surface area contributed by atoms with Crippen molar-refractivity contribution in [3.8, 4) is 0 Å². The molecule has 0 aliphatic heterocycles. The third-order valence-corrected chi connectivity index (χ3v) is 12.7. The molecule has 0 bridgehead atoms. The Labute approximate surface area is 290 Å². The summed E-state index contributed by atoms with van der Waals surface area (Å²) in [4.78, 5) is 64.7. The number of carbonyl (C=O) groups is 5. The number of hydrogen-bond donors (Lipinski definition) is 3. The monoisotopic (exact) mass is 693 g/mol. The molecular formula is C37H59NO11. The summed E-state index contributed by atoms with van der Waals surface area (Å²) in [6.45, 7) is 14.4. The van der Waals surface area contributed by atoms with E-state index in [0.717, 1.165) is 51.6 Å². The smallest absolute Gasteiger partial charge is 0.336 e. The van der Waals surface area contributed by atoms with E-state index in [2.05, 4.69) is 32.6 Å². The number of esters is 2. The van der Waals surface area contributed by atoms with Crippen LogP contribution in [-0.2, 0) is 38.2 Å². The molecule has 11 atom stereocenters. The molecule has 0 aromatic carbocycles. The standard InChI is InChI=1S/C37H59NO11/c1-7-14-38(15-8-2)21-32(43)49-29-18-36(6)25(22(4)39)12-13-26(36)24-11-10-23-16-27(28(47-9-3)17-35(23,5)33(24)29)48-31(42)20-37(46,34(44)45)19-30(40)41/h23-29,33,46H,7-21H2,1-6H3,(H,40,41)(H,44,45)/t23?,24-,25+,26-,27?,28?,29?,33+,35-,36+,37?/m0/s1. The van der Waals surface area contributed by atoms with Gasteiger partial charge in [-0.1, -0.05) is 27.7 Å². The minimum absolute atomic E-state index is 0.0112. The van der Waals surface area contributed by atoms with E-state index in [1.807, 2.05) is 6.92 Å². The van der Waals surface area contributed by atoms with Gasteiger partial charge in [0.25, 0.3) is 0 Å². The Morgan fingerprint density at radius 2 is 1.45 bits per heavy atom. The number of aliphatic carboxylic acids is 2. The number of rotatable bonds is 16. The van der Waals surface area contributed by atoms with E-state index < -0.39 is 48.6 Å². The number of carboxylic acids is 2. The molecule has 3 N–H and O–H groups in total. The number of ketones is 1. The molecule has 4 saturated carbocycles. The van der Waals surface area contributed by atoms with Crippen LogP contribution in [0.4, 0.5) is 0 Å². The zero-order valence-electron chi connectivity index (χ0n) is 30.3. The number of fused-ring (bicyclic) bond motifs is 5. The quantitative estimate of drug-likeness (QED) is 0.194. The van der Waals surface area contributed by atoms with Gasteiger partial charge in [-0.3, -0.25) is 24.1 Å². The average molecular weight is 694 g/mol. The Kier molecular flexibility index (Phi) is 12.6. The summed E-state index contributed by atoms with van der Waals surface area (Å²) in [5, 5.41) is 29.1. The van der Waals surface area contributed by atoms with Crippen LogP contribution in [0.5, 0.6) is 0 Å². The molecule has 4 aliphatic carbocycles. The molecule has 0 aromatic rings. The summed E-state index contributed by atoms with van der Waals surface area (Å²) in [5.41, 5.74) is -3.40. The normalized spacial score (nSPS) is 36.5. The Balaban J connectivity index is 1.63. The van der Waals surface area contributed by atoms with Crippen LogP contribution in [0.15, 0.2) is 0 Å². The maximum Gasteiger partial charge on any atom is 0.336 e. The molecule has 4 aliphatic rings. The van der Waals surface area contributed by atoms with Crippen molar-refractivity contribution < 1.29 is 53.5 Å². The number of ether oxygens (including phenoxy) is 3. The van der Waals surface area contributed by atoms with Crippen LogP contribution in [-0.4, -0.2) is 100 Å². The van der Waals surface area contributed by atoms with E-state index in [0.29, 0.717) is 31.8 Å². The van der Waals surface area contributed by atoms with E-state index in [4.69, 9.17) is 19.3 Å². The predicted octanol–water partition coefficient (Wildman–Crippen LogP) is 4.49. The molecule has 0 aromatic heterocycles. The number of hydrogen-bond acceptors (Lipinski definition) is 10. The van der Waals surface area contributed by atoms with E-state index in [9.17, 15) is 34.2 Å². The average Bonchev–Trinajstić information content (AvgIpc) is 3.34. The van der Waals surface area contributed by atoms with Gasteiger partial charge in [0.2, 0.25) is 0 Å². The summed E-state index contributed by atoms with van der Waals surface area (Å²) in [6, 6.07) is 0. The Bertz CT molecular complexity index is 1230. The molecule has 4 rings (SSSR count). The lowest BCUT2D eigenvalue weighted by atomic mass is 9.43. The van der Waals surface area contributed by atoms with Crippen molar-refractivity contribution >= 4 is 29.7 Å². The molecule has 0 heterocycles. The van der Waals surface area contributed by atoms with Gasteiger partial charge in [-0.25, -0.2) is 4.79 Å². The molecule has 0 spiro atoms. The summed E-state index contributed by atoms with van der Waals surface area (Å²) < 4.78 is 18.6. The van der Waals surface area contributed by atoms with Crippen molar-refractivity contribution in [1.29, 1.82) is 0 Å². The fraction of sp³-hybridized carbons (Fsp3) is 0.865. The van der Waals surface area contributed by atoms with Crippen LogP contribution in [0.25, 0.3) is 0 Å². The van der Waals surface area contributed by atoms with Crippen molar-refractivity contribution in [3.63, 3.8) is 0 Å². The van der Waals surface area contributed by atoms with E-state index in [-0.39, 0.29) is 58.9 Å². The molecule has 0 saturated heterocycles. The summed E-state index contributed by atoms with van der Waals surface area (Å²) >= 11 is 0. The third kappa shape index (κ3) is 8.17. The second-order valence-electron chi connectivity index (χ2n) is 15.9. The van der Waals surface area contributed by atoms with Crippen LogP contribution >= 0.6 is 0 Å². The topological polar surface area (TPSA) is 177 Å². The minimum atomic E-state index is -2.79. The van der Waals surface area contributed by atoms with Crippen LogP contribution in [0.3, 0.4) is 0 Å². The molecule has 0 radical (unpaired) electrons. The van der Waals surface area contributed by atoms with Crippen LogP contribution in [0.1, 0.15) is 112 Å². The first kappa shape index (κ1) is 39.2. The van der Waals surface area contributed by atoms with Gasteiger partial charge in [-0.05, 0) is 113 Å². The lowest BCUT2D eigenvalue weighted by Crippen LogP contribution is -2.62. The van der Waals surface area contributed by atoms with Gasteiger partial charge in [-0.15, -0.1) is 0 Å². The maximum absolute atomic E-state index is 13.7. The lowest BCUT2D eigenvalue weighted by Gasteiger charge is -2.63. The van der Waals surface area contributed by atoms with Crippen LogP contribution in [0, 0.1) is 40.4 Å². The summed E-state index contributed by atoms with van der Waals surface area (Å²) in [7, 11) is 0. The van der Waals surface area contributed by atoms with Gasteiger partial charge in [-0.2, -0.15) is 0 Å². The van der Waals surface area contributed by atoms with E-state index >= 15 is 0 Å². The van der Waals surface area contributed by atoms with Gasteiger partial charge in [0.15, 0.2) is 5.60 Å². The van der Waals surface area contributed by atoms with Crippen LogP contribution < -0.4 is 0 Å². The van der Waals surface area contributed by atoms with Crippen molar-refractivity contribution in [2.45, 2.75) is 136 Å². The first-order valence-corrected chi connectivity index (χ1v) is 18.4. The van der Waals surface area contributed by atoms with E-state index in [1.165, 1.54) is 0 Å². The van der Waals surface area contributed by atoms with E-state index in [1.54, 1.807) is 6.92 Å². The number of Topliss-reactive ketones (excluding diaryl/α,β-unsaturated/α-hetero) is 1. The van der Waals surface area contributed by atoms with Crippen molar-refractivity contribution in [1.82, 2.24) is 4.90 Å². The highest BCUT2D eigenvalue weighted by molar-refractivity contribution is 5.88. The summed E-state index contributed by atoms with van der Waals surface area (Å²) in [5.74, 6) is -3.82. The maximum atomic E-state index is 13.7. The first-order valence-electron chi connectivity index (χ1n) is 18.4. The van der Waals surface area contributed by atoms with Gasteiger partial charge in [0.05, 0.1) is 25.5 Å². The lowest BCUT2D eigenvalue weighted by molar-refractivity contribution is -0.220. The number of carboxylic acid groups (broad SMARTS) is 2. The van der Waals surface area contributed by atoms with Crippen molar-refractivity contribution in [2.24, 2.45) is 40.4 Å². The highest BCUT2D eigenvalue weighted by Gasteiger charge is 2.66. The first-order chi connectivity index (χ1) is 23.0. The minimum Gasteiger partial charge on any atom is -0.481 e. The second kappa shape index (κ2) is 15.8. The molecule has 12 nitrogen and oxygen atoms in total. The number of carbonyl (C=O) groups excluding carboxylic acids is 3. The highest BCUT2D eigenvalue weighted by atomic mass is 16.6. The third-order valence-electron chi connectivity index (χ3n) is 12.7. The fourth-order valence-electron chi connectivity index (χ4n) is 10.8. The molecule has 12 heteroatoms. The van der Waals surface area contributed by atoms with Gasteiger partial charge in [0, 0.05) is 18.4 Å². The molecule has 49 heavy (non-hydrogen) atoms. The number of aliphatic hydroxyl groups is 1. The molecular weight excluding hydrogens is 634 g/mol. The zero-order valence-corrected chi connectivity index (χ0v) is 30.3. The predicted molar refractivity (Wildman–Crippen MR) is 178 cm³/mol. The Morgan fingerprint density at radius 3 is 2.02 bits per heavy atom. The van der Waals surface area contributed by atoms with Gasteiger partial charge in [0.1, 0.15) is 18.0 Å². The summed E-state index contributed by atoms with van der Waals surface area (Å²) in [6.07, 6.45) is 3.20. The molecule has 0 amide bonds. The number of nitrogens with zero attached hydrogens (tertiary/aromatic N) is 1. The zero-order chi connectivity index (χ0) is 36.3. The fourth-order valence-corrected chi connectivity index (χ4v) is 10.8. The van der Waals surface area contributed by atoms with Gasteiger partial charge < -0.3 is 29.5 Å². The molecule has 278 valence electrons. The SMILES string of the molecule is CCCN(CCC)CC(=O)OC1C[C@]2(C)[C@@H](C(C)=O)CC[C@H]2[C@@H]2CCC3CC(OC(=O)CC(O)(CC(=O)O)C(=O)O)C(OCC)C[C@]3(C)[C@@H]12. The molecule has 5 unspecified atom stereocenters. The van der Waals surface area contributed by atoms with Crippen molar-refractivity contribution in [3.05, 3.63) is 0 Å². The highest BCUT2D eigenvalue weighted by Crippen LogP contribution is 2.68. The largest absolute Gasteiger partial charge is 0.481 e. The van der Waals surface area contributed by atoms with Gasteiger partial charge >= 0.3 is 23.9 Å². The molecule has 4 fully saturated rings. The Morgan fingerprint density at radius 1 is 0.816 bits per heavy atom. The Hall–Kier alpha value is -2.57. The van der Waals surface area contributed by atoms with Crippen molar-refractivity contribution in [2.75, 3.05) is 26.2 Å². The second-order valence-corrected chi connectivity index (χ2v) is 15.9. The van der Waals surface area contributed by atoms with Crippen LogP contribution in [0.2, 0.25) is 0 Å².